The highest BCUT2D eigenvalue weighted by atomic mass is 16.1. The van der Waals surface area contributed by atoms with Gasteiger partial charge in [0, 0.05) is 12.1 Å². The first kappa shape index (κ1) is 11.1. The van der Waals surface area contributed by atoms with Gasteiger partial charge in [-0.3, -0.25) is 4.79 Å². The highest BCUT2D eigenvalue weighted by molar-refractivity contribution is 5.94. The third-order valence-corrected chi connectivity index (χ3v) is 3.02. The summed E-state index contributed by atoms with van der Waals surface area (Å²) in [7, 11) is 0. The summed E-state index contributed by atoms with van der Waals surface area (Å²) >= 11 is 0. The van der Waals surface area contributed by atoms with Crippen molar-refractivity contribution in [2.24, 2.45) is 11.7 Å². The van der Waals surface area contributed by atoms with Crippen LogP contribution in [0.15, 0.2) is 24.3 Å². The van der Waals surface area contributed by atoms with E-state index in [4.69, 9.17) is 5.73 Å². The maximum absolute atomic E-state index is 11.2. The van der Waals surface area contributed by atoms with Crippen LogP contribution in [0.5, 0.6) is 0 Å². The normalized spacial score (nSPS) is 15.0. The molecule has 0 unspecified atom stereocenters. The predicted molar refractivity (Wildman–Crippen MR) is 64.0 cm³/mol. The Kier molecular flexibility index (Phi) is 3.57. The second-order valence-corrected chi connectivity index (χ2v) is 4.43. The molecule has 0 atom stereocenters. The minimum Gasteiger partial charge on any atom is -0.366 e. The lowest BCUT2D eigenvalue weighted by Gasteiger charge is -2.07. The van der Waals surface area contributed by atoms with Crippen LogP contribution in [0.1, 0.15) is 35.2 Å². The Morgan fingerprint density at radius 1 is 1.38 bits per heavy atom. The monoisotopic (exact) mass is 218 g/mol. The van der Waals surface area contributed by atoms with Gasteiger partial charge < -0.3 is 11.1 Å². The van der Waals surface area contributed by atoms with Gasteiger partial charge in [-0.25, -0.2) is 0 Å². The number of amides is 1. The molecule has 0 heterocycles. The molecule has 16 heavy (non-hydrogen) atoms. The zero-order valence-electron chi connectivity index (χ0n) is 9.41. The van der Waals surface area contributed by atoms with E-state index in [0.717, 1.165) is 24.6 Å². The van der Waals surface area contributed by atoms with Crippen molar-refractivity contribution in [1.29, 1.82) is 0 Å². The number of rotatable bonds is 6. The van der Waals surface area contributed by atoms with Gasteiger partial charge in [0.2, 0.25) is 5.91 Å². The molecule has 3 heteroatoms. The fourth-order valence-electron chi connectivity index (χ4n) is 1.85. The van der Waals surface area contributed by atoms with Gasteiger partial charge in [0.25, 0.3) is 0 Å². The lowest BCUT2D eigenvalue weighted by Crippen LogP contribution is -2.20. The maximum atomic E-state index is 11.2. The molecule has 0 radical (unpaired) electrons. The fraction of sp³-hybridized carbons (Fsp3) is 0.462. The summed E-state index contributed by atoms with van der Waals surface area (Å²) in [6, 6.07) is 7.50. The minimum atomic E-state index is -0.348. The number of carbonyl (C=O) groups is 1. The smallest absolute Gasteiger partial charge is 0.249 e. The molecule has 1 aliphatic rings. The number of primary amides is 1. The van der Waals surface area contributed by atoms with Crippen molar-refractivity contribution in [1.82, 2.24) is 5.32 Å². The molecule has 2 rings (SSSR count). The molecule has 1 aromatic rings. The van der Waals surface area contributed by atoms with Crippen molar-refractivity contribution in [3.05, 3.63) is 35.4 Å². The summed E-state index contributed by atoms with van der Waals surface area (Å²) in [6.07, 6.45) is 4.03. The van der Waals surface area contributed by atoms with Gasteiger partial charge in [-0.05, 0) is 30.5 Å². The highest BCUT2D eigenvalue weighted by Gasteiger charge is 2.20. The van der Waals surface area contributed by atoms with Crippen molar-refractivity contribution < 1.29 is 4.79 Å². The minimum absolute atomic E-state index is 0.348. The summed E-state index contributed by atoms with van der Waals surface area (Å²) in [4.78, 5) is 11.2. The van der Waals surface area contributed by atoms with Crippen molar-refractivity contribution >= 4 is 5.91 Å². The molecule has 1 amide bonds. The zero-order valence-corrected chi connectivity index (χ0v) is 9.41. The lowest BCUT2D eigenvalue weighted by molar-refractivity contribution is 0.0999. The first-order chi connectivity index (χ1) is 7.77. The molecule has 1 aromatic carbocycles. The first-order valence-electron chi connectivity index (χ1n) is 5.86. The van der Waals surface area contributed by atoms with E-state index in [2.05, 4.69) is 5.32 Å². The van der Waals surface area contributed by atoms with E-state index in [1.165, 1.54) is 19.3 Å². The van der Waals surface area contributed by atoms with Crippen LogP contribution < -0.4 is 11.1 Å². The van der Waals surface area contributed by atoms with Crippen LogP contribution in [-0.2, 0) is 6.54 Å². The van der Waals surface area contributed by atoms with E-state index in [0.29, 0.717) is 5.56 Å². The Balaban J connectivity index is 1.84. The Bertz CT molecular complexity index is 372. The largest absolute Gasteiger partial charge is 0.366 e. The highest BCUT2D eigenvalue weighted by Crippen LogP contribution is 2.31. The number of hydrogen-bond donors (Lipinski definition) is 2. The molecule has 1 fully saturated rings. The van der Waals surface area contributed by atoms with Crippen molar-refractivity contribution in [3.63, 3.8) is 0 Å². The molecular weight excluding hydrogens is 200 g/mol. The average Bonchev–Trinajstić information content (AvgIpc) is 3.08. The lowest BCUT2D eigenvalue weighted by atomic mass is 10.1. The van der Waals surface area contributed by atoms with E-state index in [1.807, 2.05) is 18.2 Å². The topological polar surface area (TPSA) is 55.1 Å². The summed E-state index contributed by atoms with van der Waals surface area (Å²) in [6.45, 7) is 1.75. The van der Waals surface area contributed by atoms with Gasteiger partial charge in [0.05, 0.1) is 0 Å². The summed E-state index contributed by atoms with van der Waals surface area (Å²) in [5.41, 5.74) is 6.93. The predicted octanol–water partition coefficient (Wildman–Crippen LogP) is 1.68. The maximum Gasteiger partial charge on any atom is 0.249 e. The molecule has 3 N–H and O–H groups in total. The number of nitrogens with one attached hydrogen (secondary N) is 1. The Morgan fingerprint density at radius 3 is 2.81 bits per heavy atom. The third kappa shape index (κ3) is 3.07. The van der Waals surface area contributed by atoms with E-state index < -0.39 is 0 Å². The van der Waals surface area contributed by atoms with Gasteiger partial charge in [0.1, 0.15) is 0 Å². The van der Waals surface area contributed by atoms with E-state index >= 15 is 0 Å². The van der Waals surface area contributed by atoms with Crippen molar-refractivity contribution in [2.45, 2.75) is 25.8 Å². The Morgan fingerprint density at radius 2 is 2.12 bits per heavy atom. The molecule has 86 valence electrons. The summed E-state index contributed by atoms with van der Waals surface area (Å²) in [5.74, 6) is 0.596. The fourth-order valence-corrected chi connectivity index (χ4v) is 1.85. The summed E-state index contributed by atoms with van der Waals surface area (Å²) < 4.78 is 0. The van der Waals surface area contributed by atoms with Crippen LogP contribution in [0.4, 0.5) is 0 Å². The summed E-state index contributed by atoms with van der Waals surface area (Å²) in [5, 5.41) is 3.36. The number of benzene rings is 1. The van der Waals surface area contributed by atoms with E-state index in [1.54, 1.807) is 6.07 Å². The molecular formula is C13H18N2O. The molecule has 0 aliphatic heterocycles. The zero-order chi connectivity index (χ0) is 11.4. The Hall–Kier alpha value is -1.35. The van der Waals surface area contributed by atoms with Crippen molar-refractivity contribution in [2.75, 3.05) is 6.54 Å². The molecule has 1 aliphatic carbocycles. The van der Waals surface area contributed by atoms with Crippen LogP contribution in [0.25, 0.3) is 0 Å². The standard InChI is InChI=1S/C13H18N2O/c14-13(16)12-4-2-1-3-11(12)9-15-8-7-10-5-6-10/h1-4,10,15H,5-9H2,(H2,14,16). The number of hydrogen-bond acceptors (Lipinski definition) is 2. The van der Waals surface area contributed by atoms with E-state index in [9.17, 15) is 4.79 Å². The number of nitrogens with two attached hydrogens (primary N) is 1. The first-order valence-corrected chi connectivity index (χ1v) is 5.86. The van der Waals surface area contributed by atoms with Gasteiger partial charge in [-0.2, -0.15) is 0 Å². The van der Waals surface area contributed by atoms with Crippen LogP contribution in [0, 0.1) is 5.92 Å². The van der Waals surface area contributed by atoms with Gasteiger partial charge in [-0.15, -0.1) is 0 Å². The third-order valence-electron chi connectivity index (χ3n) is 3.02. The molecule has 1 saturated carbocycles. The average molecular weight is 218 g/mol. The SMILES string of the molecule is NC(=O)c1ccccc1CNCCC1CC1. The van der Waals surface area contributed by atoms with Crippen LogP contribution in [0.3, 0.4) is 0 Å². The van der Waals surface area contributed by atoms with Gasteiger partial charge >= 0.3 is 0 Å². The van der Waals surface area contributed by atoms with Crippen molar-refractivity contribution in [3.8, 4) is 0 Å². The molecule has 3 nitrogen and oxygen atoms in total. The molecule has 0 saturated heterocycles. The second-order valence-electron chi connectivity index (χ2n) is 4.43. The Labute approximate surface area is 96.0 Å². The van der Waals surface area contributed by atoms with Crippen LogP contribution in [0.2, 0.25) is 0 Å². The quantitative estimate of drug-likeness (QED) is 0.714. The van der Waals surface area contributed by atoms with Gasteiger partial charge in [0.15, 0.2) is 0 Å². The second kappa shape index (κ2) is 5.12. The molecule has 0 spiro atoms. The van der Waals surface area contributed by atoms with Crippen LogP contribution in [-0.4, -0.2) is 12.5 Å². The number of carbonyl (C=O) groups excluding carboxylic acids is 1. The van der Waals surface area contributed by atoms with Gasteiger partial charge in [-0.1, -0.05) is 31.0 Å². The molecule has 0 bridgehead atoms. The van der Waals surface area contributed by atoms with E-state index in [-0.39, 0.29) is 5.91 Å². The molecule has 0 aromatic heterocycles. The van der Waals surface area contributed by atoms with Crippen LogP contribution >= 0.6 is 0 Å².